The van der Waals surface area contributed by atoms with Crippen LogP contribution in [0, 0.1) is 5.82 Å². The summed E-state index contributed by atoms with van der Waals surface area (Å²) in [6, 6.07) is 15.6. The molecule has 0 bridgehead atoms. The Labute approximate surface area is 175 Å². The Kier molecular flexibility index (Phi) is 6.11. The zero-order chi connectivity index (χ0) is 21.1. The Morgan fingerprint density at radius 2 is 1.80 bits per heavy atom. The van der Waals surface area contributed by atoms with E-state index >= 15 is 0 Å². The van der Waals surface area contributed by atoms with E-state index in [0.717, 1.165) is 19.6 Å². The fourth-order valence-electron chi connectivity index (χ4n) is 4.16. The second kappa shape index (κ2) is 8.93. The number of amides is 2. The molecule has 30 heavy (non-hydrogen) atoms. The van der Waals surface area contributed by atoms with Crippen LogP contribution in [0.5, 0.6) is 0 Å². The lowest BCUT2D eigenvalue weighted by Crippen LogP contribution is -2.57. The normalized spacial score (nSPS) is 22.9. The van der Waals surface area contributed by atoms with Gasteiger partial charge in [0.05, 0.1) is 6.04 Å². The number of carbonyl (C=O) groups is 2. The molecule has 4 rings (SSSR count). The van der Waals surface area contributed by atoms with Gasteiger partial charge in [-0.05, 0) is 23.3 Å². The van der Waals surface area contributed by atoms with E-state index in [1.54, 1.807) is 24.1 Å². The van der Waals surface area contributed by atoms with Crippen molar-refractivity contribution >= 4 is 11.8 Å². The third-order valence-corrected chi connectivity index (χ3v) is 5.85. The van der Waals surface area contributed by atoms with Gasteiger partial charge in [-0.25, -0.2) is 4.39 Å². The lowest BCUT2D eigenvalue weighted by Gasteiger charge is -2.42. The Hall–Kier alpha value is -2.77. The van der Waals surface area contributed by atoms with Gasteiger partial charge in [0, 0.05) is 39.8 Å². The molecule has 0 radical (unpaired) electrons. The number of piperazine rings is 1. The minimum Gasteiger partial charge on any atom is -0.356 e. The molecule has 2 amide bonds. The summed E-state index contributed by atoms with van der Waals surface area (Å²) in [6.07, 6.45) is -0.838. The van der Waals surface area contributed by atoms with Gasteiger partial charge in [-0.1, -0.05) is 42.5 Å². The van der Waals surface area contributed by atoms with E-state index in [4.69, 9.17) is 4.74 Å². The van der Waals surface area contributed by atoms with Crippen LogP contribution in [0.15, 0.2) is 54.6 Å². The fourth-order valence-corrected chi connectivity index (χ4v) is 4.16. The van der Waals surface area contributed by atoms with Crippen molar-refractivity contribution in [1.82, 2.24) is 14.7 Å². The summed E-state index contributed by atoms with van der Waals surface area (Å²) in [5.74, 6) is -0.774. The van der Waals surface area contributed by atoms with Gasteiger partial charge < -0.3 is 14.5 Å². The number of ether oxygens (including phenoxy) is 1. The molecule has 2 aliphatic heterocycles. The second-order valence-corrected chi connectivity index (χ2v) is 7.82. The van der Waals surface area contributed by atoms with Crippen LogP contribution in [0.4, 0.5) is 4.39 Å². The summed E-state index contributed by atoms with van der Waals surface area (Å²) in [5, 5.41) is 0. The maximum absolute atomic E-state index is 13.8. The Balaban J connectivity index is 1.44. The molecular formula is C23H26FN3O3. The summed E-state index contributed by atoms with van der Waals surface area (Å²) < 4.78 is 19.5. The predicted octanol–water partition coefficient (Wildman–Crippen LogP) is 2.07. The van der Waals surface area contributed by atoms with Gasteiger partial charge in [0.25, 0.3) is 5.91 Å². The molecule has 2 heterocycles. The summed E-state index contributed by atoms with van der Waals surface area (Å²) in [5.41, 5.74) is 1.81. The molecular weight excluding hydrogens is 385 g/mol. The maximum atomic E-state index is 13.8. The molecule has 0 aromatic heterocycles. The second-order valence-electron chi connectivity index (χ2n) is 7.82. The van der Waals surface area contributed by atoms with Gasteiger partial charge in [-0.3, -0.25) is 14.5 Å². The molecule has 158 valence electrons. The molecule has 7 heteroatoms. The highest BCUT2D eigenvalue weighted by Gasteiger charge is 2.42. The van der Waals surface area contributed by atoms with Crippen LogP contribution in [-0.2, 0) is 20.9 Å². The quantitative estimate of drug-likeness (QED) is 0.773. The average molecular weight is 411 g/mol. The molecule has 2 aromatic rings. The van der Waals surface area contributed by atoms with Gasteiger partial charge in [-0.15, -0.1) is 0 Å². The zero-order valence-electron chi connectivity index (χ0n) is 17.0. The van der Waals surface area contributed by atoms with Gasteiger partial charge in [0.2, 0.25) is 5.91 Å². The van der Waals surface area contributed by atoms with Crippen molar-refractivity contribution in [3.05, 3.63) is 71.5 Å². The van der Waals surface area contributed by atoms with Crippen LogP contribution in [-0.4, -0.2) is 72.5 Å². The van der Waals surface area contributed by atoms with Crippen LogP contribution in [0.1, 0.15) is 17.2 Å². The lowest BCUT2D eigenvalue weighted by atomic mass is 9.97. The number of rotatable bonds is 4. The highest BCUT2D eigenvalue weighted by Crippen LogP contribution is 2.31. The Morgan fingerprint density at radius 1 is 1.07 bits per heavy atom. The van der Waals surface area contributed by atoms with Crippen LogP contribution in [0.3, 0.4) is 0 Å². The summed E-state index contributed by atoms with van der Waals surface area (Å²) in [4.78, 5) is 31.1. The number of hydrogen-bond donors (Lipinski definition) is 0. The first-order valence-corrected chi connectivity index (χ1v) is 10.2. The van der Waals surface area contributed by atoms with Crippen molar-refractivity contribution in [3.8, 4) is 0 Å². The molecule has 0 saturated carbocycles. The van der Waals surface area contributed by atoms with E-state index in [1.807, 2.05) is 18.2 Å². The third kappa shape index (κ3) is 4.37. The predicted molar refractivity (Wildman–Crippen MR) is 110 cm³/mol. The van der Waals surface area contributed by atoms with Crippen molar-refractivity contribution < 1.29 is 18.7 Å². The fraction of sp³-hybridized carbons (Fsp3) is 0.391. The first kappa shape index (κ1) is 20.5. The molecule has 6 nitrogen and oxygen atoms in total. The highest BCUT2D eigenvalue weighted by atomic mass is 19.1. The molecule has 0 spiro atoms. The van der Waals surface area contributed by atoms with Crippen molar-refractivity contribution in [2.24, 2.45) is 0 Å². The van der Waals surface area contributed by atoms with Gasteiger partial charge in [-0.2, -0.15) is 0 Å². The van der Waals surface area contributed by atoms with Crippen LogP contribution >= 0.6 is 0 Å². The monoisotopic (exact) mass is 411 g/mol. The van der Waals surface area contributed by atoms with Gasteiger partial charge >= 0.3 is 0 Å². The zero-order valence-corrected chi connectivity index (χ0v) is 17.0. The number of halogens is 1. The molecule has 2 unspecified atom stereocenters. The number of carbonyl (C=O) groups excluding carboxylic acids is 2. The Morgan fingerprint density at radius 3 is 2.50 bits per heavy atom. The van der Waals surface area contributed by atoms with Crippen molar-refractivity contribution in [2.45, 2.75) is 18.7 Å². The highest BCUT2D eigenvalue weighted by molar-refractivity contribution is 5.86. The van der Waals surface area contributed by atoms with E-state index in [-0.39, 0.29) is 18.4 Å². The average Bonchev–Trinajstić information content (AvgIpc) is 2.76. The minimum atomic E-state index is -0.838. The van der Waals surface area contributed by atoms with E-state index in [9.17, 15) is 14.0 Å². The van der Waals surface area contributed by atoms with E-state index in [2.05, 4.69) is 17.0 Å². The third-order valence-electron chi connectivity index (χ3n) is 5.85. The van der Waals surface area contributed by atoms with Crippen LogP contribution in [0.2, 0.25) is 0 Å². The summed E-state index contributed by atoms with van der Waals surface area (Å²) in [7, 11) is 1.64. The van der Waals surface area contributed by atoms with Crippen LogP contribution in [0.25, 0.3) is 0 Å². The molecule has 2 aromatic carbocycles. The molecule has 0 aliphatic carbocycles. The standard InChI is InChI=1S/C23H26FN3O3/c1-25-20(28)16-30-22(21(25)18-8-5-9-19(24)14-18)23(29)27-12-10-26(11-13-27)15-17-6-3-2-4-7-17/h2-9,14,21-22H,10-13,15-16H2,1H3. The van der Waals surface area contributed by atoms with Crippen molar-refractivity contribution in [3.63, 3.8) is 0 Å². The number of morpholine rings is 1. The SMILES string of the molecule is CN1C(=O)COC(C(=O)N2CCN(Cc3ccccc3)CC2)C1c1cccc(F)c1. The van der Waals surface area contributed by atoms with E-state index < -0.39 is 18.0 Å². The molecule has 0 N–H and O–H groups in total. The van der Waals surface area contributed by atoms with Gasteiger partial charge in [0.15, 0.2) is 6.10 Å². The van der Waals surface area contributed by atoms with Crippen molar-refractivity contribution in [1.29, 1.82) is 0 Å². The number of benzene rings is 2. The summed E-state index contributed by atoms with van der Waals surface area (Å²) in [6.45, 7) is 3.44. The smallest absolute Gasteiger partial charge is 0.254 e. The maximum Gasteiger partial charge on any atom is 0.254 e. The largest absolute Gasteiger partial charge is 0.356 e. The number of likely N-dealkylation sites (N-methyl/N-ethyl adjacent to an activating group) is 1. The summed E-state index contributed by atoms with van der Waals surface area (Å²) >= 11 is 0. The van der Waals surface area contributed by atoms with Gasteiger partial charge in [0.1, 0.15) is 12.4 Å². The molecule has 2 atom stereocenters. The number of nitrogens with zero attached hydrogens (tertiary/aromatic N) is 3. The molecule has 2 aliphatic rings. The van der Waals surface area contributed by atoms with Crippen LogP contribution < -0.4 is 0 Å². The topological polar surface area (TPSA) is 53.1 Å². The van der Waals surface area contributed by atoms with E-state index in [1.165, 1.54) is 22.6 Å². The first-order valence-electron chi connectivity index (χ1n) is 10.2. The Bertz CT molecular complexity index is 900. The van der Waals surface area contributed by atoms with Crippen molar-refractivity contribution in [2.75, 3.05) is 39.8 Å². The van der Waals surface area contributed by atoms with E-state index in [0.29, 0.717) is 18.7 Å². The first-order chi connectivity index (χ1) is 14.5. The molecule has 2 saturated heterocycles. The molecule has 2 fully saturated rings. The minimum absolute atomic E-state index is 0.146. The number of hydrogen-bond acceptors (Lipinski definition) is 4. The lowest BCUT2D eigenvalue weighted by molar-refractivity contribution is -0.168.